The fraction of sp³-hybridized carbons (Fsp3) is 0.407. The van der Waals surface area contributed by atoms with Crippen LogP contribution in [-0.2, 0) is 16.0 Å². The molecule has 1 saturated carbocycles. The van der Waals surface area contributed by atoms with Crippen molar-refractivity contribution in [1.29, 1.82) is 0 Å². The molecule has 34 heavy (non-hydrogen) atoms. The number of amides is 3. The van der Waals surface area contributed by atoms with Crippen molar-refractivity contribution in [3.05, 3.63) is 70.3 Å². The first kappa shape index (κ1) is 22.3. The summed E-state index contributed by atoms with van der Waals surface area (Å²) in [4.78, 5) is 54.9. The molecule has 2 aromatic rings. The first-order valence-corrected chi connectivity index (χ1v) is 12.0. The van der Waals surface area contributed by atoms with Crippen molar-refractivity contribution in [3.63, 3.8) is 0 Å². The Morgan fingerprint density at radius 3 is 2.24 bits per heavy atom. The van der Waals surface area contributed by atoms with Gasteiger partial charge in [0.25, 0.3) is 11.8 Å². The molecule has 0 unspecified atom stereocenters. The van der Waals surface area contributed by atoms with E-state index in [1.165, 1.54) is 4.90 Å². The standard InChI is InChI=1S/C27H28N2O5/c1-16-7-6-12-18-17(16)13-14-28(24(30)21-10-4-5-11-22(21)27(33)34)23(18)15-29-25(31)19-8-2-3-9-20(19)26(29)32/h2-3,6-9,12,21-23H,4-5,10-11,13-15H2,1H3,(H,33,34)/t21-,22+,23-/m1/s1. The third-order valence-electron chi connectivity index (χ3n) is 7.70. The van der Waals surface area contributed by atoms with E-state index in [1.54, 1.807) is 29.2 Å². The molecule has 2 aromatic carbocycles. The van der Waals surface area contributed by atoms with Gasteiger partial charge in [-0.3, -0.25) is 24.1 Å². The average Bonchev–Trinajstić information content (AvgIpc) is 3.09. The lowest BCUT2D eigenvalue weighted by Gasteiger charge is -2.42. The number of imide groups is 1. The molecule has 2 heterocycles. The first-order chi connectivity index (χ1) is 16.4. The SMILES string of the molecule is Cc1cccc2c1CCN(C(=O)[C@@H]1CCCC[C@@H]1C(=O)O)[C@@H]2CN1C(=O)c2ccccc2C1=O. The zero-order valence-corrected chi connectivity index (χ0v) is 19.2. The maximum Gasteiger partial charge on any atom is 0.307 e. The van der Waals surface area contributed by atoms with Crippen LogP contribution < -0.4 is 0 Å². The highest BCUT2D eigenvalue weighted by Crippen LogP contribution is 2.38. The Kier molecular flexibility index (Phi) is 5.71. The van der Waals surface area contributed by atoms with E-state index in [1.807, 2.05) is 25.1 Å². The molecule has 7 nitrogen and oxygen atoms in total. The summed E-state index contributed by atoms with van der Waals surface area (Å²) in [6.45, 7) is 2.52. The van der Waals surface area contributed by atoms with Crippen LogP contribution in [0.3, 0.4) is 0 Å². The minimum Gasteiger partial charge on any atom is -0.481 e. The monoisotopic (exact) mass is 460 g/mol. The number of nitrogens with zero attached hydrogens (tertiary/aromatic N) is 2. The van der Waals surface area contributed by atoms with E-state index < -0.39 is 23.8 Å². The van der Waals surface area contributed by atoms with Crippen LogP contribution in [0.5, 0.6) is 0 Å². The number of carboxylic acid groups (broad SMARTS) is 1. The molecule has 3 atom stereocenters. The summed E-state index contributed by atoms with van der Waals surface area (Å²) in [5.74, 6) is -3.09. The Morgan fingerprint density at radius 2 is 1.59 bits per heavy atom. The van der Waals surface area contributed by atoms with Crippen molar-refractivity contribution in [1.82, 2.24) is 9.80 Å². The van der Waals surface area contributed by atoms with Gasteiger partial charge >= 0.3 is 5.97 Å². The zero-order valence-electron chi connectivity index (χ0n) is 19.2. The largest absolute Gasteiger partial charge is 0.481 e. The smallest absolute Gasteiger partial charge is 0.307 e. The number of aliphatic carboxylic acids is 1. The highest BCUT2D eigenvalue weighted by atomic mass is 16.4. The molecule has 0 bridgehead atoms. The number of hydrogen-bond donors (Lipinski definition) is 1. The molecular formula is C27H28N2O5. The number of carbonyl (C=O) groups is 4. The van der Waals surface area contributed by atoms with Crippen molar-refractivity contribution in [3.8, 4) is 0 Å². The van der Waals surface area contributed by atoms with Crippen LogP contribution in [0.4, 0.5) is 0 Å². The molecule has 3 aliphatic rings. The van der Waals surface area contributed by atoms with Crippen molar-refractivity contribution in [2.75, 3.05) is 13.1 Å². The molecule has 1 N–H and O–H groups in total. The lowest BCUT2D eigenvalue weighted by molar-refractivity contribution is -0.153. The number of carbonyl (C=O) groups excluding carboxylic acids is 3. The van der Waals surface area contributed by atoms with Gasteiger partial charge in [-0.2, -0.15) is 0 Å². The summed E-state index contributed by atoms with van der Waals surface area (Å²) in [5, 5.41) is 9.75. The number of benzene rings is 2. The molecule has 2 aliphatic heterocycles. The Morgan fingerprint density at radius 1 is 0.941 bits per heavy atom. The van der Waals surface area contributed by atoms with E-state index in [-0.39, 0.29) is 24.3 Å². The summed E-state index contributed by atoms with van der Waals surface area (Å²) >= 11 is 0. The number of rotatable bonds is 4. The number of fused-ring (bicyclic) bond motifs is 2. The second-order valence-electron chi connectivity index (χ2n) is 9.54. The van der Waals surface area contributed by atoms with E-state index in [0.29, 0.717) is 36.9 Å². The predicted octanol–water partition coefficient (Wildman–Crippen LogP) is 3.61. The topological polar surface area (TPSA) is 95.0 Å². The summed E-state index contributed by atoms with van der Waals surface area (Å²) in [6, 6.07) is 12.2. The van der Waals surface area contributed by atoms with Crippen molar-refractivity contribution in [2.24, 2.45) is 11.8 Å². The predicted molar refractivity (Wildman–Crippen MR) is 124 cm³/mol. The summed E-state index contributed by atoms with van der Waals surface area (Å²) in [5.41, 5.74) is 3.93. The summed E-state index contributed by atoms with van der Waals surface area (Å²) < 4.78 is 0. The van der Waals surface area contributed by atoms with E-state index in [2.05, 4.69) is 0 Å². The highest BCUT2D eigenvalue weighted by Gasteiger charge is 2.44. The van der Waals surface area contributed by atoms with Crippen LogP contribution >= 0.6 is 0 Å². The van der Waals surface area contributed by atoms with Crippen molar-refractivity contribution < 1.29 is 24.3 Å². The Labute approximate surface area is 198 Å². The van der Waals surface area contributed by atoms with Crippen LogP contribution in [-0.4, -0.2) is 51.7 Å². The Hall–Kier alpha value is -3.48. The van der Waals surface area contributed by atoms with Gasteiger partial charge in [-0.1, -0.05) is 43.2 Å². The van der Waals surface area contributed by atoms with Gasteiger partial charge in [-0.05, 0) is 55.0 Å². The molecule has 0 spiro atoms. The summed E-state index contributed by atoms with van der Waals surface area (Å²) in [7, 11) is 0. The fourth-order valence-corrected chi connectivity index (χ4v) is 5.91. The Balaban J connectivity index is 1.51. The van der Waals surface area contributed by atoms with Gasteiger partial charge in [0, 0.05) is 6.54 Å². The molecule has 176 valence electrons. The molecular weight excluding hydrogens is 432 g/mol. The minimum absolute atomic E-state index is 0.0546. The van der Waals surface area contributed by atoms with Crippen LogP contribution in [0.2, 0.25) is 0 Å². The molecule has 0 saturated heterocycles. The highest BCUT2D eigenvalue weighted by molar-refractivity contribution is 6.21. The molecule has 3 amide bonds. The van der Waals surface area contributed by atoms with Crippen molar-refractivity contribution in [2.45, 2.75) is 45.1 Å². The molecule has 5 rings (SSSR count). The second kappa shape index (κ2) is 8.70. The number of carboxylic acids is 1. The molecule has 0 aromatic heterocycles. The molecule has 1 fully saturated rings. The zero-order chi connectivity index (χ0) is 24.0. The van der Waals surface area contributed by atoms with Gasteiger partial charge < -0.3 is 10.0 Å². The average molecular weight is 461 g/mol. The Bertz CT molecular complexity index is 1150. The van der Waals surface area contributed by atoms with Gasteiger partial charge in [0.05, 0.1) is 35.5 Å². The van der Waals surface area contributed by atoms with Gasteiger partial charge in [-0.15, -0.1) is 0 Å². The van der Waals surface area contributed by atoms with E-state index >= 15 is 0 Å². The van der Waals surface area contributed by atoms with E-state index in [4.69, 9.17) is 0 Å². The number of aryl methyl sites for hydroxylation is 1. The van der Waals surface area contributed by atoms with Crippen LogP contribution in [0.1, 0.15) is 69.1 Å². The van der Waals surface area contributed by atoms with E-state index in [0.717, 1.165) is 29.5 Å². The lowest BCUT2D eigenvalue weighted by Crippen LogP contribution is -2.50. The third kappa shape index (κ3) is 3.59. The molecule has 7 heteroatoms. The minimum atomic E-state index is -0.928. The molecule has 1 aliphatic carbocycles. The normalized spacial score (nSPS) is 24.1. The fourth-order valence-electron chi connectivity index (χ4n) is 5.91. The van der Waals surface area contributed by atoms with Crippen LogP contribution in [0, 0.1) is 18.8 Å². The van der Waals surface area contributed by atoms with E-state index in [9.17, 15) is 24.3 Å². The van der Waals surface area contributed by atoms with Gasteiger partial charge in [0.15, 0.2) is 0 Å². The lowest BCUT2D eigenvalue weighted by atomic mass is 9.77. The maximum atomic E-state index is 13.8. The first-order valence-electron chi connectivity index (χ1n) is 12.0. The maximum absolute atomic E-state index is 13.8. The van der Waals surface area contributed by atoms with Crippen molar-refractivity contribution >= 4 is 23.7 Å². The number of hydrogen-bond acceptors (Lipinski definition) is 4. The van der Waals surface area contributed by atoms with Gasteiger partial charge in [-0.25, -0.2) is 0 Å². The van der Waals surface area contributed by atoms with Crippen LogP contribution in [0.25, 0.3) is 0 Å². The van der Waals surface area contributed by atoms with Gasteiger partial charge in [0.1, 0.15) is 0 Å². The van der Waals surface area contributed by atoms with Crippen LogP contribution in [0.15, 0.2) is 42.5 Å². The van der Waals surface area contributed by atoms with Gasteiger partial charge in [0.2, 0.25) is 5.91 Å². The second-order valence-corrected chi connectivity index (χ2v) is 9.54. The summed E-state index contributed by atoms with van der Waals surface area (Å²) in [6.07, 6.45) is 3.34. The quantitative estimate of drug-likeness (QED) is 0.704. The molecule has 0 radical (unpaired) electrons. The third-order valence-corrected chi connectivity index (χ3v) is 7.70.